The number of nitrogens with zero attached hydrogens (tertiary/aromatic N) is 3. The molecule has 1 unspecified atom stereocenters. The summed E-state index contributed by atoms with van der Waals surface area (Å²) in [5.74, 6) is 0.667. The van der Waals surface area contributed by atoms with E-state index < -0.39 is 0 Å². The summed E-state index contributed by atoms with van der Waals surface area (Å²) in [6, 6.07) is 7.29. The first-order valence-corrected chi connectivity index (χ1v) is 10.2. The lowest BCUT2D eigenvalue weighted by molar-refractivity contribution is -0.131. The lowest BCUT2D eigenvalue weighted by Crippen LogP contribution is -2.45. The molecule has 1 saturated heterocycles. The number of anilines is 4. The highest BCUT2D eigenvalue weighted by atomic mass is 35.5. The Morgan fingerprint density at radius 2 is 2.10 bits per heavy atom. The molecule has 0 bridgehead atoms. The second-order valence-corrected chi connectivity index (χ2v) is 7.34. The van der Waals surface area contributed by atoms with Crippen LogP contribution in [0.25, 0.3) is 0 Å². The first kappa shape index (κ1) is 21.6. The molecule has 30 heavy (non-hydrogen) atoms. The Bertz CT molecular complexity index is 935. The van der Waals surface area contributed by atoms with Gasteiger partial charge in [-0.3, -0.25) is 9.59 Å². The highest BCUT2D eigenvalue weighted by Gasteiger charge is 2.23. The summed E-state index contributed by atoms with van der Waals surface area (Å²) >= 11 is 6.29. The van der Waals surface area contributed by atoms with Crippen LogP contribution in [0.4, 0.5) is 23.1 Å². The van der Waals surface area contributed by atoms with Crippen LogP contribution >= 0.6 is 11.6 Å². The van der Waals surface area contributed by atoms with E-state index in [-0.39, 0.29) is 17.9 Å². The number of nitrogens with one attached hydrogen (secondary N) is 3. The summed E-state index contributed by atoms with van der Waals surface area (Å²) in [5, 5.41) is 9.54. The van der Waals surface area contributed by atoms with Crippen LogP contribution in [-0.4, -0.2) is 45.8 Å². The minimum absolute atomic E-state index is 0.0717. The molecule has 1 aromatic carbocycles. The number of hydrogen-bond acceptors (Lipinski definition) is 6. The third-order valence-electron chi connectivity index (χ3n) is 4.78. The van der Waals surface area contributed by atoms with Crippen LogP contribution in [0.1, 0.15) is 26.2 Å². The van der Waals surface area contributed by atoms with Gasteiger partial charge in [0.25, 0.3) is 0 Å². The SMILES string of the molecule is C=CC(=O)Nc1ccccc1Nc1nc(NC2CCCN(C(=O)CC)C2)ncc1Cl. The van der Waals surface area contributed by atoms with Gasteiger partial charge < -0.3 is 20.9 Å². The number of halogens is 1. The van der Waals surface area contributed by atoms with Crippen molar-refractivity contribution >= 4 is 46.6 Å². The number of para-hydroxylation sites is 2. The number of carbonyl (C=O) groups excluding carboxylic acids is 2. The first-order chi connectivity index (χ1) is 14.5. The Morgan fingerprint density at radius 1 is 1.33 bits per heavy atom. The summed E-state index contributed by atoms with van der Waals surface area (Å²) in [7, 11) is 0. The molecule has 1 aliphatic rings. The molecule has 0 saturated carbocycles. The lowest BCUT2D eigenvalue weighted by atomic mass is 10.1. The molecule has 2 amide bonds. The van der Waals surface area contributed by atoms with Gasteiger partial charge in [-0.1, -0.05) is 37.2 Å². The van der Waals surface area contributed by atoms with E-state index in [0.29, 0.717) is 41.1 Å². The van der Waals surface area contributed by atoms with Crippen LogP contribution in [0.15, 0.2) is 43.1 Å². The molecule has 3 N–H and O–H groups in total. The van der Waals surface area contributed by atoms with Gasteiger partial charge in [0.15, 0.2) is 5.82 Å². The van der Waals surface area contributed by atoms with Gasteiger partial charge in [-0.25, -0.2) is 4.98 Å². The normalized spacial score (nSPS) is 15.9. The van der Waals surface area contributed by atoms with Crippen molar-refractivity contribution < 1.29 is 9.59 Å². The molecule has 158 valence electrons. The summed E-state index contributed by atoms with van der Waals surface area (Å²) in [4.78, 5) is 34.3. The molecule has 1 aliphatic heterocycles. The fourth-order valence-corrected chi connectivity index (χ4v) is 3.40. The van der Waals surface area contributed by atoms with Crippen LogP contribution in [-0.2, 0) is 9.59 Å². The van der Waals surface area contributed by atoms with E-state index in [1.807, 2.05) is 24.0 Å². The fraction of sp³-hybridized carbons (Fsp3) is 0.333. The summed E-state index contributed by atoms with van der Waals surface area (Å²) in [6.07, 6.45) is 5.08. The van der Waals surface area contributed by atoms with Crippen LogP contribution in [0, 0.1) is 0 Å². The molecule has 1 atom stereocenters. The zero-order valence-corrected chi connectivity index (χ0v) is 17.6. The molecule has 8 nitrogen and oxygen atoms in total. The van der Waals surface area contributed by atoms with E-state index in [1.165, 1.54) is 12.3 Å². The predicted octanol–water partition coefficient (Wildman–Crippen LogP) is 3.81. The third-order valence-corrected chi connectivity index (χ3v) is 5.05. The molecule has 2 aromatic rings. The molecular weight excluding hydrogens is 404 g/mol. The highest BCUT2D eigenvalue weighted by molar-refractivity contribution is 6.33. The van der Waals surface area contributed by atoms with Gasteiger partial charge in [-0.05, 0) is 31.1 Å². The van der Waals surface area contributed by atoms with E-state index in [9.17, 15) is 9.59 Å². The van der Waals surface area contributed by atoms with Crippen molar-refractivity contribution in [1.82, 2.24) is 14.9 Å². The second kappa shape index (κ2) is 10.1. The average Bonchev–Trinajstić information content (AvgIpc) is 2.76. The maximum Gasteiger partial charge on any atom is 0.247 e. The zero-order chi connectivity index (χ0) is 21.5. The molecule has 0 spiro atoms. The van der Waals surface area contributed by atoms with Crippen molar-refractivity contribution in [3.63, 3.8) is 0 Å². The highest BCUT2D eigenvalue weighted by Crippen LogP contribution is 2.29. The lowest BCUT2D eigenvalue weighted by Gasteiger charge is -2.33. The van der Waals surface area contributed by atoms with Gasteiger partial charge in [0.2, 0.25) is 17.8 Å². The Morgan fingerprint density at radius 3 is 2.83 bits per heavy atom. The maximum absolute atomic E-state index is 12.0. The molecule has 0 aliphatic carbocycles. The van der Waals surface area contributed by atoms with Gasteiger partial charge in [-0.2, -0.15) is 4.98 Å². The number of piperidine rings is 1. The number of likely N-dealkylation sites (tertiary alicyclic amines) is 1. The summed E-state index contributed by atoms with van der Waals surface area (Å²) in [6.45, 7) is 6.74. The Kier molecular flexibility index (Phi) is 7.24. The minimum Gasteiger partial charge on any atom is -0.350 e. The van der Waals surface area contributed by atoms with Gasteiger partial charge >= 0.3 is 0 Å². The predicted molar refractivity (Wildman–Crippen MR) is 119 cm³/mol. The summed E-state index contributed by atoms with van der Waals surface area (Å²) in [5.41, 5.74) is 1.21. The molecular formula is C21H25ClN6O2. The molecule has 0 radical (unpaired) electrons. The van der Waals surface area contributed by atoms with Gasteiger partial charge in [-0.15, -0.1) is 0 Å². The number of aromatic nitrogens is 2. The van der Waals surface area contributed by atoms with Crippen LogP contribution in [0.3, 0.4) is 0 Å². The molecule has 9 heteroatoms. The van der Waals surface area contributed by atoms with Crippen molar-refractivity contribution in [1.29, 1.82) is 0 Å². The molecule has 1 fully saturated rings. The van der Waals surface area contributed by atoms with Crippen LogP contribution in [0.5, 0.6) is 0 Å². The number of amides is 2. The number of benzene rings is 1. The van der Waals surface area contributed by atoms with Crippen LogP contribution in [0.2, 0.25) is 5.02 Å². The Balaban J connectivity index is 1.74. The van der Waals surface area contributed by atoms with Gasteiger partial charge in [0, 0.05) is 25.6 Å². The largest absolute Gasteiger partial charge is 0.350 e. The number of rotatable bonds is 7. The number of hydrogen-bond donors (Lipinski definition) is 3. The van der Waals surface area contributed by atoms with Crippen molar-refractivity contribution in [3.8, 4) is 0 Å². The van der Waals surface area contributed by atoms with E-state index in [4.69, 9.17) is 11.6 Å². The molecule has 2 heterocycles. The second-order valence-electron chi connectivity index (χ2n) is 6.93. The summed E-state index contributed by atoms with van der Waals surface area (Å²) < 4.78 is 0. The molecule has 1 aromatic heterocycles. The smallest absolute Gasteiger partial charge is 0.247 e. The van der Waals surface area contributed by atoms with E-state index >= 15 is 0 Å². The maximum atomic E-state index is 12.0. The monoisotopic (exact) mass is 428 g/mol. The topological polar surface area (TPSA) is 99.2 Å². The third kappa shape index (κ3) is 5.48. The quantitative estimate of drug-likeness (QED) is 0.580. The van der Waals surface area contributed by atoms with Gasteiger partial charge in [0.1, 0.15) is 5.02 Å². The Labute approximate surface area is 180 Å². The zero-order valence-electron chi connectivity index (χ0n) is 16.8. The van der Waals surface area contributed by atoms with Crippen molar-refractivity contribution in [2.45, 2.75) is 32.2 Å². The minimum atomic E-state index is -0.316. The van der Waals surface area contributed by atoms with Crippen molar-refractivity contribution in [2.24, 2.45) is 0 Å². The number of carbonyl (C=O) groups is 2. The van der Waals surface area contributed by atoms with Crippen LogP contribution < -0.4 is 16.0 Å². The Hall–Kier alpha value is -3.13. The first-order valence-electron chi connectivity index (χ1n) is 9.86. The average molecular weight is 429 g/mol. The van der Waals surface area contributed by atoms with E-state index in [2.05, 4.69) is 32.5 Å². The standard InChI is InChI=1S/C21H25ClN6O2/c1-3-18(29)25-16-9-5-6-10-17(16)26-20-15(22)12-23-21(27-20)24-14-8-7-11-28(13-14)19(30)4-2/h3,5-6,9-10,12,14H,1,4,7-8,11,13H2,2H3,(H,25,29)(H2,23,24,26,27). The van der Waals surface area contributed by atoms with Crippen molar-refractivity contribution in [3.05, 3.63) is 48.1 Å². The molecule has 3 rings (SSSR count). The van der Waals surface area contributed by atoms with Crippen molar-refractivity contribution in [2.75, 3.05) is 29.0 Å². The fourth-order valence-electron chi connectivity index (χ4n) is 3.26. The van der Waals surface area contributed by atoms with E-state index in [1.54, 1.807) is 12.1 Å². The van der Waals surface area contributed by atoms with Gasteiger partial charge in [0.05, 0.1) is 17.6 Å². The van der Waals surface area contributed by atoms with E-state index in [0.717, 1.165) is 19.4 Å².